The maximum Gasteiger partial charge on any atom is 0.255 e. The van der Waals surface area contributed by atoms with E-state index < -0.39 is 0 Å². The minimum Gasteiger partial charge on any atom is -0.490 e. The molecule has 0 unspecified atom stereocenters. The highest BCUT2D eigenvalue weighted by molar-refractivity contribution is 6.05. The quantitative estimate of drug-likeness (QED) is 0.393. The molecule has 0 spiro atoms. The Morgan fingerprint density at radius 3 is 2.10 bits per heavy atom. The fourth-order valence-corrected chi connectivity index (χ4v) is 2.58. The van der Waals surface area contributed by atoms with Gasteiger partial charge in [0, 0.05) is 5.56 Å². The Bertz CT molecular complexity index is 923. The standard InChI is InChI=1S/C24H23NO4/c1-2-16-29-23-11-7-6-10-22(23)25-24(26)19-12-14-21(15-13-19)28-18-17-27-20-8-4-3-5-9-20/h2-15H,1,16-18H2,(H,25,26). The molecule has 0 bridgehead atoms. The zero-order valence-electron chi connectivity index (χ0n) is 16.0. The predicted molar refractivity (Wildman–Crippen MR) is 114 cm³/mol. The van der Waals surface area contributed by atoms with Crippen molar-refractivity contribution in [1.82, 2.24) is 0 Å². The molecular weight excluding hydrogens is 366 g/mol. The molecule has 0 saturated heterocycles. The number of hydrogen-bond acceptors (Lipinski definition) is 4. The van der Waals surface area contributed by atoms with Crippen LogP contribution in [-0.2, 0) is 0 Å². The molecule has 0 aliphatic heterocycles. The topological polar surface area (TPSA) is 56.8 Å². The minimum atomic E-state index is -0.224. The van der Waals surface area contributed by atoms with Gasteiger partial charge in [0.25, 0.3) is 5.91 Å². The van der Waals surface area contributed by atoms with Crippen molar-refractivity contribution in [3.05, 3.63) is 97.1 Å². The molecule has 0 saturated carbocycles. The van der Waals surface area contributed by atoms with Gasteiger partial charge in [0.15, 0.2) is 0 Å². The van der Waals surface area contributed by atoms with Crippen LogP contribution < -0.4 is 19.5 Å². The Labute approximate surface area is 170 Å². The Hall–Kier alpha value is -3.73. The molecule has 3 aromatic carbocycles. The molecule has 0 aliphatic carbocycles. The lowest BCUT2D eigenvalue weighted by molar-refractivity contribution is 0.102. The normalized spacial score (nSPS) is 10.1. The first-order chi connectivity index (χ1) is 14.3. The maximum absolute atomic E-state index is 12.5. The van der Waals surface area contributed by atoms with Crippen molar-refractivity contribution >= 4 is 11.6 Å². The van der Waals surface area contributed by atoms with Crippen LogP contribution in [0.3, 0.4) is 0 Å². The zero-order valence-corrected chi connectivity index (χ0v) is 16.0. The third-order valence-corrected chi connectivity index (χ3v) is 3.97. The molecule has 0 fully saturated rings. The van der Waals surface area contributed by atoms with Crippen LogP contribution in [0.2, 0.25) is 0 Å². The van der Waals surface area contributed by atoms with Gasteiger partial charge in [-0.15, -0.1) is 0 Å². The largest absolute Gasteiger partial charge is 0.490 e. The molecule has 3 aromatic rings. The van der Waals surface area contributed by atoms with E-state index >= 15 is 0 Å². The lowest BCUT2D eigenvalue weighted by Crippen LogP contribution is -2.13. The third-order valence-electron chi connectivity index (χ3n) is 3.97. The summed E-state index contributed by atoms with van der Waals surface area (Å²) in [7, 11) is 0. The van der Waals surface area contributed by atoms with Crippen molar-refractivity contribution in [1.29, 1.82) is 0 Å². The molecule has 148 valence electrons. The Balaban J connectivity index is 1.50. The van der Waals surface area contributed by atoms with Crippen LogP contribution in [0, 0.1) is 0 Å². The molecule has 0 aromatic heterocycles. The highest BCUT2D eigenvalue weighted by Gasteiger charge is 2.10. The summed E-state index contributed by atoms with van der Waals surface area (Å²) in [6.45, 7) is 4.85. The van der Waals surface area contributed by atoms with E-state index in [1.807, 2.05) is 42.5 Å². The highest BCUT2D eigenvalue weighted by Crippen LogP contribution is 2.24. The molecule has 0 heterocycles. The van der Waals surface area contributed by atoms with Crippen molar-refractivity contribution in [3.63, 3.8) is 0 Å². The van der Waals surface area contributed by atoms with E-state index in [1.54, 1.807) is 42.5 Å². The van der Waals surface area contributed by atoms with Crippen LogP contribution in [0.5, 0.6) is 17.2 Å². The van der Waals surface area contributed by atoms with Crippen molar-refractivity contribution in [2.75, 3.05) is 25.1 Å². The van der Waals surface area contributed by atoms with Gasteiger partial charge in [-0.25, -0.2) is 0 Å². The van der Waals surface area contributed by atoms with Gasteiger partial charge >= 0.3 is 0 Å². The van der Waals surface area contributed by atoms with Crippen LogP contribution in [-0.4, -0.2) is 25.7 Å². The van der Waals surface area contributed by atoms with E-state index in [0.29, 0.717) is 42.6 Å². The number of amides is 1. The van der Waals surface area contributed by atoms with E-state index in [9.17, 15) is 4.79 Å². The first-order valence-corrected chi connectivity index (χ1v) is 9.31. The molecule has 0 radical (unpaired) electrons. The number of ether oxygens (including phenoxy) is 3. The van der Waals surface area contributed by atoms with E-state index in [0.717, 1.165) is 5.75 Å². The van der Waals surface area contributed by atoms with Gasteiger partial charge in [0.2, 0.25) is 0 Å². The molecule has 1 N–H and O–H groups in total. The summed E-state index contributed by atoms with van der Waals surface area (Å²) in [5.74, 6) is 1.85. The van der Waals surface area contributed by atoms with Gasteiger partial charge in [0.1, 0.15) is 37.1 Å². The summed E-state index contributed by atoms with van der Waals surface area (Å²) in [4.78, 5) is 12.5. The van der Waals surface area contributed by atoms with Crippen LogP contribution in [0.25, 0.3) is 0 Å². The number of anilines is 1. The lowest BCUT2D eigenvalue weighted by Gasteiger charge is -2.12. The second-order valence-corrected chi connectivity index (χ2v) is 6.08. The second-order valence-electron chi connectivity index (χ2n) is 6.08. The first-order valence-electron chi connectivity index (χ1n) is 9.31. The molecule has 1 amide bonds. The minimum absolute atomic E-state index is 0.224. The zero-order chi connectivity index (χ0) is 20.3. The predicted octanol–water partition coefficient (Wildman–Crippen LogP) is 4.96. The van der Waals surface area contributed by atoms with Crippen molar-refractivity contribution in [3.8, 4) is 17.2 Å². The molecule has 0 atom stereocenters. The summed E-state index contributed by atoms with van der Waals surface area (Å²) in [6.07, 6.45) is 1.65. The monoisotopic (exact) mass is 389 g/mol. The van der Waals surface area contributed by atoms with E-state index in [1.165, 1.54) is 0 Å². The van der Waals surface area contributed by atoms with Gasteiger partial charge in [-0.2, -0.15) is 0 Å². The summed E-state index contributed by atoms with van der Waals surface area (Å²) < 4.78 is 16.8. The fourth-order valence-electron chi connectivity index (χ4n) is 2.58. The Kier molecular flexibility index (Phi) is 7.29. The van der Waals surface area contributed by atoms with Gasteiger partial charge < -0.3 is 19.5 Å². The summed E-state index contributed by atoms with van der Waals surface area (Å²) >= 11 is 0. The van der Waals surface area contributed by atoms with Gasteiger partial charge in [-0.05, 0) is 48.5 Å². The molecule has 3 rings (SSSR count). The first kappa shape index (κ1) is 20.0. The van der Waals surface area contributed by atoms with Crippen molar-refractivity contribution < 1.29 is 19.0 Å². The van der Waals surface area contributed by atoms with E-state index in [2.05, 4.69) is 11.9 Å². The van der Waals surface area contributed by atoms with Gasteiger partial charge in [-0.1, -0.05) is 43.0 Å². The van der Waals surface area contributed by atoms with Crippen LogP contribution in [0.15, 0.2) is 91.5 Å². The van der Waals surface area contributed by atoms with Gasteiger partial charge in [-0.3, -0.25) is 4.79 Å². The lowest BCUT2D eigenvalue weighted by atomic mass is 10.2. The average Bonchev–Trinajstić information content (AvgIpc) is 2.77. The molecular formula is C24H23NO4. The Morgan fingerprint density at radius 2 is 1.41 bits per heavy atom. The van der Waals surface area contributed by atoms with Crippen LogP contribution >= 0.6 is 0 Å². The number of benzene rings is 3. The number of nitrogens with one attached hydrogen (secondary N) is 1. The van der Waals surface area contributed by atoms with Crippen molar-refractivity contribution in [2.24, 2.45) is 0 Å². The average molecular weight is 389 g/mol. The van der Waals surface area contributed by atoms with Crippen LogP contribution in [0.1, 0.15) is 10.4 Å². The highest BCUT2D eigenvalue weighted by atomic mass is 16.5. The maximum atomic E-state index is 12.5. The number of para-hydroxylation sites is 3. The number of carbonyl (C=O) groups excluding carboxylic acids is 1. The third kappa shape index (κ3) is 6.14. The second kappa shape index (κ2) is 10.6. The smallest absolute Gasteiger partial charge is 0.255 e. The number of rotatable bonds is 10. The summed E-state index contributed by atoms with van der Waals surface area (Å²) in [5.41, 5.74) is 1.13. The van der Waals surface area contributed by atoms with Crippen molar-refractivity contribution in [2.45, 2.75) is 0 Å². The molecule has 5 nitrogen and oxygen atoms in total. The number of carbonyl (C=O) groups is 1. The summed E-state index contributed by atoms with van der Waals surface area (Å²) in [5, 5.41) is 2.87. The summed E-state index contributed by atoms with van der Waals surface area (Å²) in [6, 6.07) is 23.8. The molecule has 5 heteroatoms. The van der Waals surface area contributed by atoms with Crippen LogP contribution in [0.4, 0.5) is 5.69 Å². The van der Waals surface area contributed by atoms with E-state index in [-0.39, 0.29) is 5.91 Å². The SMILES string of the molecule is C=CCOc1ccccc1NC(=O)c1ccc(OCCOc2ccccc2)cc1. The number of hydrogen-bond donors (Lipinski definition) is 1. The molecule has 0 aliphatic rings. The molecule has 29 heavy (non-hydrogen) atoms. The van der Waals surface area contributed by atoms with E-state index in [4.69, 9.17) is 14.2 Å². The fraction of sp³-hybridized carbons (Fsp3) is 0.125. The van der Waals surface area contributed by atoms with Gasteiger partial charge in [0.05, 0.1) is 5.69 Å². The Morgan fingerprint density at radius 1 is 0.793 bits per heavy atom.